The van der Waals surface area contributed by atoms with Crippen LogP contribution < -0.4 is 5.32 Å². The summed E-state index contributed by atoms with van der Waals surface area (Å²) in [6, 6.07) is 4.62. The fraction of sp³-hybridized carbons (Fsp3) is 0.450. The first kappa shape index (κ1) is 22.6. The van der Waals surface area contributed by atoms with Gasteiger partial charge in [-0.25, -0.2) is 4.68 Å². The molecule has 0 saturated carbocycles. The molecule has 6 nitrogen and oxygen atoms in total. The lowest BCUT2D eigenvalue weighted by Crippen LogP contribution is -2.33. The number of aromatic nitrogens is 2. The van der Waals surface area contributed by atoms with E-state index in [-0.39, 0.29) is 29.6 Å². The fourth-order valence-electron chi connectivity index (χ4n) is 2.82. The van der Waals surface area contributed by atoms with Crippen LogP contribution in [0.5, 0.6) is 0 Å². The number of Topliss-reactive ketones (excluding diaryl/α,β-unsaturated/α-hetero) is 1. The van der Waals surface area contributed by atoms with Gasteiger partial charge in [0.1, 0.15) is 0 Å². The molecule has 0 atom stereocenters. The van der Waals surface area contributed by atoms with Crippen molar-refractivity contribution in [2.24, 2.45) is 0 Å². The average Bonchev–Trinajstić information content (AvgIpc) is 2.94. The molecule has 1 N–H and O–H groups in total. The molecule has 158 valence electrons. The molecule has 2 rings (SSSR count). The lowest BCUT2D eigenvalue weighted by atomic mass is 10.1. The van der Waals surface area contributed by atoms with Crippen LogP contribution in [0.1, 0.15) is 47.6 Å². The van der Waals surface area contributed by atoms with Crippen LogP contribution in [0.4, 0.5) is 13.2 Å². The third kappa shape index (κ3) is 5.66. The molecule has 1 aromatic heterocycles. The molecule has 0 radical (unpaired) electrons. The van der Waals surface area contributed by atoms with Gasteiger partial charge in [-0.15, -0.1) is 0 Å². The van der Waals surface area contributed by atoms with E-state index in [0.717, 1.165) is 12.1 Å². The van der Waals surface area contributed by atoms with Crippen LogP contribution in [-0.2, 0) is 15.7 Å². The summed E-state index contributed by atoms with van der Waals surface area (Å²) in [5, 5.41) is 6.70. The Kier molecular flexibility index (Phi) is 7.18. The Hall–Kier alpha value is -2.68. The van der Waals surface area contributed by atoms with E-state index >= 15 is 0 Å². The minimum Gasteiger partial charge on any atom is -0.379 e. The minimum absolute atomic E-state index is 0.0818. The Labute approximate surface area is 167 Å². The second kappa shape index (κ2) is 9.21. The Morgan fingerprint density at radius 1 is 1.24 bits per heavy atom. The lowest BCUT2D eigenvalue weighted by molar-refractivity contribution is -0.137. The third-order valence-electron chi connectivity index (χ3n) is 4.20. The van der Waals surface area contributed by atoms with E-state index in [2.05, 4.69) is 10.4 Å². The summed E-state index contributed by atoms with van der Waals surface area (Å²) in [5.41, 5.74) is -0.0193. The maximum Gasteiger partial charge on any atom is 0.416 e. The van der Waals surface area contributed by atoms with Gasteiger partial charge in [0, 0.05) is 13.2 Å². The number of nitrogens with zero attached hydrogens (tertiary/aromatic N) is 2. The van der Waals surface area contributed by atoms with Crippen LogP contribution in [0, 0.1) is 13.8 Å². The maximum absolute atomic E-state index is 13.0. The summed E-state index contributed by atoms with van der Waals surface area (Å²) >= 11 is 0. The molecule has 0 fully saturated rings. The number of hydrogen-bond acceptors (Lipinski definition) is 4. The highest BCUT2D eigenvalue weighted by Gasteiger charge is 2.31. The molecule has 2 aromatic rings. The van der Waals surface area contributed by atoms with Crippen molar-refractivity contribution in [3.05, 3.63) is 46.8 Å². The Morgan fingerprint density at radius 2 is 1.93 bits per heavy atom. The van der Waals surface area contributed by atoms with E-state index in [1.54, 1.807) is 0 Å². The zero-order valence-corrected chi connectivity index (χ0v) is 16.8. The molecule has 0 aliphatic heterocycles. The predicted octanol–water partition coefficient (Wildman–Crippen LogP) is 3.62. The molecule has 0 aliphatic carbocycles. The monoisotopic (exact) mass is 411 g/mol. The van der Waals surface area contributed by atoms with Crippen LogP contribution in [0.2, 0.25) is 0 Å². The Bertz CT molecular complexity index is 889. The predicted molar refractivity (Wildman–Crippen MR) is 101 cm³/mol. The number of nitrogens with one attached hydrogen (secondary N) is 1. The SMILES string of the molecule is Cc1nn(-c2cccc(C(F)(F)F)c2)c(C)c1C(=O)C(=O)NCCCOC(C)C. The first-order valence-electron chi connectivity index (χ1n) is 9.20. The van der Waals surface area contributed by atoms with E-state index < -0.39 is 23.4 Å². The second-order valence-corrected chi connectivity index (χ2v) is 6.86. The van der Waals surface area contributed by atoms with Crippen molar-refractivity contribution >= 4 is 11.7 Å². The highest BCUT2D eigenvalue weighted by atomic mass is 19.4. The number of carbonyl (C=O) groups excluding carboxylic acids is 2. The van der Waals surface area contributed by atoms with E-state index in [0.29, 0.717) is 18.7 Å². The third-order valence-corrected chi connectivity index (χ3v) is 4.20. The first-order chi connectivity index (χ1) is 13.5. The van der Waals surface area contributed by atoms with Crippen molar-refractivity contribution < 1.29 is 27.5 Å². The van der Waals surface area contributed by atoms with Gasteiger partial charge in [-0.05, 0) is 52.3 Å². The standard InChI is InChI=1S/C20H24F3N3O3/c1-12(2)29-10-6-9-24-19(28)18(27)17-13(3)25-26(14(17)4)16-8-5-7-15(11-16)20(21,22)23/h5,7-8,11-12H,6,9-10H2,1-4H3,(H,24,28). The quantitative estimate of drug-likeness (QED) is 0.409. The number of ketones is 1. The highest BCUT2D eigenvalue weighted by Crippen LogP contribution is 2.30. The number of benzene rings is 1. The summed E-state index contributed by atoms with van der Waals surface area (Å²) in [6.07, 6.45) is -3.86. The van der Waals surface area contributed by atoms with Crippen LogP contribution in [0.3, 0.4) is 0 Å². The molecule has 0 spiro atoms. The topological polar surface area (TPSA) is 73.2 Å². The molecule has 0 bridgehead atoms. The van der Waals surface area contributed by atoms with Crippen molar-refractivity contribution in [3.8, 4) is 5.69 Å². The average molecular weight is 411 g/mol. The van der Waals surface area contributed by atoms with Gasteiger partial charge in [0.2, 0.25) is 0 Å². The molecule has 9 heteroatoms. The Balaban J connectivity index is 2.17. The molecular weight excluding hydrogens is 387 g/mol. The number of aryl methyl sites for hydroxylation is 1. The zero-order valence-electron chi connectivity index (χ0n) is 16.8. The summed E-state index contributed by atoms with van der Waals surface area (Å²) in [6.45, 7) is 7.60. The van der Waals surface area contributed by atoms with Crippen LogP contribution in [0.25, 0.3) is 5.69 Å². The van der Waals surface area contributed by atoms with E-state index in [9.17, 15) is 22.8 Å². The van der Waals surface area contributed by atoms with E-state index in [4.69, 9.17) is 4.74 Å². The van der Waals surface area contributed by atoms with Crippen molar-refractivity contribution in [3.63, 3.8) is 0 Å². The lowest BCUT2D eigenvalue weighted by Gasteiger charge is -2.10. The van der Waals surface area contributed by atoms with Gasteiger partial charge in [0.15, 0.2) is 0 Å². The normalized spacial score (nSPS) is 11.7. The second-order valence-electron chi connectivity index (χ2n) is 6.86. The number of carbonyl (C=O) groups is 2. The molecule has 1 amide bonds. The van der Waals surface area contributed by atoms with Crippen molar-refractivity contribution in [2.45, 2.75) is 46.4 Å². The van der Waals surface area contributed by atoms with Crippen LogP contribution >= 0.6 is 0 Å². The van der Waals surface area contributed by atoms with Crippen molar-refractivity contribution in [1.29, 1.82) is 0 Å². The molecule has 1 heterocycles. The molecule has 0 saturated heterocycles. The molecule has 29 heavy (non-hydrogen) atoms. The van der Waals surface area contributed by atoms with Crippen LogP contribution in [-0.4, -0.2) is 40.7 Å². The summed E-state index contributed by atoms with van der Waals surface area (Å²) in [4.78, 5) is 24.7. The molecule has 0 aliphatic rings. The fourth-order valence-corrected chi connectivity index (χ4v) is 2.82. The number of rotatable bonds is 8. The number of hydrogen-bond donors (Lipinski definition) is 1. The van der Waals surface area contributed by atoms with Gasteiger partial charge < -0.3 is 10.1 Å². The number of halogens is 3. The van der Waals surface area contributed by atoms with E-state index in [1.807, 2.05) is 13.8 Å². The maximum atomic E-state index is 13.0. The van der Waals surface area contributed by atoms with Gasteiger partial charge >= 0.3 is 6.18 Å². The summed E-state index contributed by atoms with van der Waals surface area (Å²) < 4.78 is 45.5. The summed E-state index contributed by atoms with van der Waals surface area (Å²) in [5.74, 6) is -1.56. The number of amides is 1. The van der Waals surface area contributed by atoms with Crippen molar-refractivity contribution in [1.82, 2.24) is 15.1 Å². The van der Waals surface area contributed by atoms with Gasteiger partial charge in [-0.1, -0.05) is 6.07 Å². The largest absolute Gasteiger partial charge is 0.416 e. The molecular formula is C20H24F3N3O3. The van der Waals surface area contributed by atoms with E-state index in [1.165, 1.54) is 30.7 Å². The number of alkyl halides is 3. The zero-order chi connectivity index (χ0) is 21.8. The van der Waals surface area contributed by atoms with Crippen molar-refractivity contribution in [2.75, 3.05) is 13.2 Å². The first-order valence-corrected chi connectivity index (χ1v) is 9.20. The number of ether oxygens (including phenoxy) is 1. The van der Waals surface area contributed by atoms with Gasteiger partial charge in [-0.2, -0.15) is 18.3 Å². The van der Waals surface area contributed by atoms with Gasteiger partial charge in [0.05, 0.1) is 34.3 Å². The van der Waals surface area contributed by atoms with Gasteiger partial charge in [-0.3, -0.25) is 9.59 Å². The molecule has 0 unspecified atom stereocenters. The highest BCUT2D eigenvalue weighted by molar-refractivity contribution is 6.43. The smallest absolute Gasteiger partial charge is 0.379 e. The molecule has 1 aromatic carbocycles. The van der Waals surface area contributed by atoms with Crippen LogP contribution in [0.15, 0.2) is 24.3 Å². The van der Waals surface area contributed by atoms with Gasteiger partial charge in [0.25, 0.3) is 11.7 Å². The Morgan fingerprint density at radius 3 is 2.55 bits per heavy atom. The minimum atomic E-state index is -4.50. The summed E-state index contributed by atoms with van der Waals surface area (Å²) in [7, 11) is 0.